The van der Waals surface area contributed by atoms with Crippen LogP contribution in [0, 0.1) is 0 Å². The van der Waals surface area contributed by atoms with Crippen molar-refractivity contribution in [1.29, 1.82) is 0 Å². The second-order valence-electron chi connectivity index (χ2n) is 8.63. The van der Waals surface area contributed by atoms with E-state index in [0.29, 0.717) is 28.6 Å². The Balaban J connectivity index is 1.37. The van der Waals surface area contributed by atoms with E-state index in [1.165, 1.54) is 11.3 Å². The number of nitrogens with zero attached hydrogens (tertiary/aromatic N) is 2. The van der Waals surface area contributed by atoms with Crippen LogP contribution in [0.1, 0.15) is 39.6 Å². The molecule has 0 fully saturated rings. The number of benzene rings is 3. The van der Waals surface area contributed by atoms with E-state index >= 15 is 0 Å². The molecule has 1 atom stereocenters. The fourth-order valence-electron chi connectivity index (χ4n) is 4.22. The lowest BCUT2D eigenvalue weighted by Crippen LogP contribution is -2.48. The van der Waals surface area contributed by atoms with Gasteiger partial charge in [-0.3, -0.25) is 19.3 Å². The maximum Gasteiger partial charge on any atom is 0.262 e. The smallest absolute Gasteiger partial charge is 0.262 e. The van der Waals surface area contributed by atoms with Gasteiger partial charge in [-0.25, -0.2) is 4.98 Å². The Kier molecular flexibility index (Phi) is 7.09. The molecular weight excluding hydrogens is 486 g/mol. The maximum absolute atomic E-state index is 13.5. The van der Waals surface area contributed by atoms with E-state index in [2.05, 4.69) is 17.2 Å². The minimum Gasteiger partial charge on any atom is -0.494 e. The SMILES string of the molecule is CCCOc1ccc(-c2csc(NC(=O)C(Cc3ccccc3)N3C(=O)c4ccccc4C3=O)n2)cc1. The van der Waals surface area contributed by atoms with Crippen molar-refractivity contribution in [1.82, 2.24) is 9.88 Å². The van der Waals surface area contributed by atoms with Crippen LogP contribution in [0.15, 0.2) is 84.2 Å². The highest BCUT2D eigenvalue weighted by Crippen LogP contribution is 2.29. The third-order valence-corrected chi connectivity index (χ3v) is 6.83. The van der Waals surface area contributed by atoms with Gasteiger partial charge in [-0.05, 0) is 48.4 Å². The predicted molar refractivity (Wildman–Crippen MR) is 143 cm³/mol. The van der Waals surface area contributed by atoms with E-state index in [1.807, 2.05) is 60.0 Å². The van der Waals surface area contributed by atoms with Gasteiger partial charge in [0.1, 0.15) is 11.8 Å². The summed E-state index contributed by atoms with van der Waals surface area (Å²) in [6, 6.07) is 22.6. The molecule has 2 heterocycles. The molecule has 1 N–H and O–H groups in total. The molecule has 8 heteroatoms. The number of imide groups is 1. The lowest BCUT2D eigenvalue weighted by atomic mass is 10.0. The second kappa shape index (κ2) is 10.8. The average Bonchev–Trinajstić information content (AvgIpc) is 3.49. The van der Waals surface area contributed by atoms with Crippen molar-refractivity contribution in [3.05, 3.63) is 101 Å². The number of aromatic nitrogens is 1. The van der Waals surface area contributed by atoms with Crippen molar-refractivity contribution < 1.29 is 19.1 Å². The van der Waals surface area contributed by atoms with Gasteiger partial charge in [-0.1, -0.05) is 49.4 Å². The van der Waals surface area contributed by atoms with Crippen molar-refractivity contribution in [2.45, 2.75) is 25.8 Å². The standard InChI is InChI=1S/C29H25N3O4S/c1-2-16-36-21-14-12-20(13-15-21)24-18-37-29(30-24)31-26(33)25(17-19-8-4-3-5-9-19)32-27(34)22-10-6-7-11-23(22)28(32)35/h3-15,18,25H,2,16-17H2,1H3,(H,30,31,33). The normalized spacial score (nSPS) is 13.4. The molecule has 5 rings (SSSR count). The molecular formula is C29H25N3O4S. The van der Waals surface area contributed by atoms with Crippen LogP contribution in [-0.2, 0) is 11.2 Å². The second-order valence-corrected chi connectivity index (χ2v) is 9.49. The van der Waals surface area contributed by atoms with Gasteiger partial charge in [-0.15, -0.1) is 11.3 Å². The third-order valence-electron chi connectivity index (χ3n) is 6.07. The molecule has 7 nitrogen and oxygen atoms in total. The number of ether oxygens (including phenoxy) is 1. The molecule has 37 heavy (non-hydrogen) atoms. The zero-order valence-electron chi connectivity index (χ0n) is 20.2. The number of thiazole rings is 1. The molecule has 3 amide bonds. The summed E-state index contributed by atoms with van der Waals surface area (Å²) >= 11 is 1.28. The first-order chi connectivity index (χ1) is 18.0. The summed E-state index contributed by atoms with van der Waals surface area (Å²) in [6.45, 7) is 2.71. The summed E-state index contributed by atoms with van der Waals surface area (Å²) in [5.74, 6) is -0.620. The minimum absolute atomic E-state index is 0.190. The summed E-state index contributed by atoms with van der Waals surface area (Å²) in [7, 11) is 0. The van der Waals surface area contributed by atoms with Crippen LogP contribution in [0.3, 0.4) is 0 Å². The molecule has 0 aliphatic carbocycles. The van der Waals surface area contributed by atoms with Crippen LogP contribution < -0.4 is 10.1 Å². The first kappa shape index (κ1) is 24.4. The van der Waals surface area contributed by atoms with Crippen molar-refractivity contribution in [2.24, 2.45) is 0 Å². The number of nitrogens with one attached hydrogen (secondary N) is 1. The van der Waals surface area contributed by atoms with Crippen molar-refractivity contribution in [3.8, 4) is 17.0 Å². The fraction of sp³-hybridized carbons (Fsp3) is 0.172. The molecule has 1 unspecified atom stereocenters. The highest BCUT2D eigenvalue weighted by atomic mass is 32.1. The van der Waals surface area contributed by atoms with E-state index in [-0.39, 0.29) is 6.42 Å². The van der Waals surface area contributed by atoms with Gasteiger partial charge in [0.2, 0.25) is 5.91 Å². The molecule has 0 saturated heterocycles. The molecule has 4 aromatic rings. The van der Waals surface area contributed by atoms with Crippen molar-refractivity contribution in [2.75, 3.05) is 11.9 Å². The molecule has 0 radical (unpaired) electrons. The Labute approximate surface area is 218 Å². The Morgan fingerprint density at radius 3 is 2.24 bits per heavy atom. The largest absolute Gasteiger partial charge is 0.494 e. The maximum atomic E-state index is 13.5. The van der Waals surface area contributed by atoms with Gasteiger partial charge >= 0.3 is 0 Å². The van der Waals surface area contributed by atoms with Gasteiger partial charge in [0.15, 0.2) is 5.13 Å². The summed E-state index contributed by atoms with van der Waals surface area (Å²) in [5, 5.41) is 5.08. The molecule has 1 aromatic heterocycles. The Morgan fingerprint density at radius 1 is 0.946 bits per heavy atom. The molecule has 0 bridgehead atoms. The summed E-state index contributed by atoms with van der Waals surface area (Å²) in [5.41, 5.74) is 3.05. The first-order valence-electron chi connectivity index (χ1n) is 12.1. The topological polar surface area (TPSA) is 88.6 Å². The van der Waals surface area contributed by atoms with E-state index in [9.17, 15) is 14.4 Å². The highest BCUT2D eigenvalue weighted by Gasteiger charge is 2.42. The van der Waals surface area contributed by atoms with Crippen molar-refractivity contribution >= 4 is 34.2 Å². The lowest BCUT2D eigenvalue weighted by molar-refractivity contribution is -0.119. The van der Waals surface area contributed by atoms with Crippen LogP contribution in [0.2, 0.25) is 0 Å². The number of hydrogen-bond acceptors (Lipinski definition) is 6. The van der Waals surface area contributed by atoms with Crippen LogP contribution in [-0.4, -0.2) is 40.3 Å². The number of carbonyl (C=O) groups is 3. The molecule has 186 valence electrons. The van der Waals surface area contributed by atoms with Crippen LogP contribution in [0.25, 0.3) is 11.3 Å². The predicted octanol–water partition coefficient (Wildman–Crippen LogP) is 5.44. The molecule has 0 saturated carbocycles. The van der Waals surface area contributed by atoms with Crippen LogP contribution in [0.4, 0.5) is 5.13 Å². The van der Waals surface area contributed by atoms with E-state index < -0.39 is 23.8 Å². The van der Waals surface area contributed by atoms with E-state index in [1.54, 1.807) is 24.3 Å². The summed E-state index contributed by atoms with van der Waals surface area (Å²) < 4.78 is 5.63. The Hall–Kier alpha value is -4.30. The number of carbonyl (C=O) groups excluding carboxylic acids is 3. The van der Waals surface area contributed by atoms with Gasteiger partial charge in [0, 0.05) is 17.4 Å². The van der Waals surface area contributed by atoms with Crippen LogP contribution in [0.5, 0.6) is 5.75 Å². The molecule has 1 aliphatic heterocycles. The number of hydrogen-bond donors (Lipinski definition) is 1. The van der Waals surface area contributed by atoms with E-state index in [4.69, 9.17) is 4.74 Å². The fourth-order valence-corrected chi connectivity index (χ4v) is 4.95. The quantitative estimate of drug-likeness (QED) is 0.302. The lowest BCUT2D eigenvalue weighted by Gasteiger charge is -2.25. The Bertz CT molecular complexity index is 1400. The molecule has 1 aliphatic rings. The summed E-state index contributed by atoms with van der Waals surface area (Å²) in [6.07, 6.45) is 1.12. The zero-order chi connectivity index (χ0) is 25.8. The first-order valence-corrected chi connectivity index (χ1v) is 12.9. The third kappa shape index (κ3) is 5.15. The van der Waals surface area contributed by atoms with E-state index in [0.717, 1.165) is 28.2 Å². The zero-order valence-corrected chi connectivity index (χ0v) is 21.0. The number of anilines is 1. The monoisotopic (exact) mass is 511 g/mol. The number of rotatable bonds is 9. The summed E-state index contributed by atoms with van der Waals surface area (Å²) in [4.78, 5) is 45.5. The van der Waals surface area contributed by atoms with Crippen LogP contribution >= 0.6 is 11.3 Å². The van der Waals surface area contributed by atoms with Gasteiger partial charge in [0.05, 0.1) is 23.4 Å². The van der Waals surface area contributed by atoms with Gasteiger partial charge in [0.25, 0.3) is 11.8 Å². The Morgan fingerprint density at radius 2 is 1.59 bits per heavy atom. The highest BCUT2D eigenvalue weighted by molar-refractivity contribution is 7.14. The van der Waals surface area contributed by atoms with Gasteiger partial charge in [-0.2, -0.15) is 0 Å². The average molecular weight is 512 g/mol. The minimum atomic E-state index is -1.03. The van der Waals surface area contributed by atoms with Gasteiger partial charge < -0.3 is 10.1 Å². The van der Waals surface area contributed by atoms with Crippen molar-refractivity contribution in [3.63, 3.8) is 0 Å². The number of fused-ring (bicyclic) bond motifs is 1. The number of amides is 3. The molecule has 3 aromatic carbocycles. The molecule has 0 spiro atoms.